The third-order valence-corrected chi connectivity index (χ3v) is 3.18. The molecule has 0 spiro atoms. The van der Waals surface area contributed by atoms with Crippen molar-refractivity contribution in [3.63, 3.8) is 0 Å². The Hall–Kier alpha value is -1.07. The molecule has 0 aromatic rings. The Bertz CT molecular complexity index is 277. The highest BCUT2D eigenvalue weighted by Gasteiger charge is 2.32. The van der Waals surface area contributed by atoms with Gasteiger partial charge in [0, 0.05) is 25.6 Å². The van der Waals surface area contributed by atoms with E-state index in [0.717, 1.165) is 19.4 Å². The van der Waals surface area contributed by atoms with Gasteiger partial charge in [0.15, 0.2) is 6.29 Å². The second kappa shape index (κ2) is 6.02. The van der Waals surface area contributed by atoms with Gasteiger partial charge in [-0.1, -0.05) is 6.08 Å². The van der Waals surface area contributed by atoms with Crippen LogP contribution in [0.4, 0.5) is 4.79 Å². The van der Waals surface area contributed by atoms with E-state index in [0.29, 0.717) is 32.2 Å². The molecule has 5 heteroatoms. The lowest BCUT2D eigenvalue weighted by molar-refractivity contribution is -0.0962. The molecule has 1 unspecified atom stereocenters. The molecule has 5 nitrogen and oxygen atoms in total. The number of hydrogen-bond donors (Lipinski definition) is 1. The molecule has 2 aliphatic heterocycles. The molecule has 2 rings (SSSR count). The van der Waals surface area contributed by atoms with E-state index >= 15 is 0 Å². The molecule has 1 N–H and O–H groups in total. The summed E-state index contributed by atoms with van der Waals surface area (Å²) in [7, 11) is 0. The summed E-state index contributed by atoms with van der Waals surface area (Å²) in [6, 6.07) is -0.0207. The molecular formula is C12H20N2O3. The normalized spacial score (nSPS) is 25.9. The van der Waals surface area contributed by atoms with Crippen LogP contribution < -0.4 is 5.32 Å². The van der Waals surface area contributed by atoms with Gasteiger partial charge in [0.25, 0.3) is 0 Å². The number of ether oxygens (including phenoxy) is 2. The summed E-state index contributed by atoms with van der Waals surface area (Å²) in [6.07, 6.45) is 3.64. The van der Waals surface area contributed by atoms with Crippen molar-refractivity contribution in [2.75, 3.05) is 32.8 Å². The Kier molecular flexibility index (Phi) is 4.39. The van der Waals surface area contributed by atoms with E-state index < -0.39 is 0 Å². The molecule has 0 bridgehead atoms. The van der Waals surface area contributed by atoms with Crippen LogP contribution in [0.2, 0.25) is 0 Å². The number of likely N-dealkylation sites (tertiary alicyclic amines) is 1. The molecule has 0 saturated carbocycles. The van der Waals surface area contributed by atoms with Crippen molar-refractivity contribution in [3.8, 4) is 0 Å². The summed E-state index contributed by atoms with van der Waals surface area (Å²) in [6.45, 7) is 6.96. The van der Waals surface area contributed by atoms with Crippen LogP contribution in [-0.4, -0.2) is 50.1 Å². The fourth-order valence-corrected chi connectivity index (χ4v) is 2.34. The molecule has 2 aliphatic rings. The Balaban J connectivity index is 1.83. The number of carbonyl (C=O) groups is 1. The van der Waals surface area contributed by atoms with Crippen LogP contribution in [0, 0.1) is 5.92 Å². The predicted octanol–water partition coefficient (Wildman–Crippen LogP) is 0.967. The van der Waals surface area contributed by atoms with Gasteiger partial charge in [-0.3, -0.25) is 0 Å². The first-order chi connectivity index (χ1) is 8.31. The molecule has 1 atom stereocenters. The third-order valence-electron chi connectivity index (χ3n) is 3.18. The van der Waals surface area contributed by atoms with Crippen LogP contribution in [0.3, 0.4) is 0 Å². The van der Waals surface area contributed by atoms with Gasteiger partial charge in [-0.05, 0) is 12.8 Å². The summed E-state index contributed by atoms with van der Waals surface area (Å²) >= 11 is 0. The fourth-order valence-electron chi connectivity index (χ4n) is 2.34. The van der Waals surface area contributed by atoms with E-state index in [1.807, 2.05) is 4.90 Å². The Morgan fingerprint density at radius 1 is 1.47 bits per heavy atom. The number of urea groups is 1. The monoisotopic (exact) mass is 240 g/mol. The van der Waals surface area contributed by atoms with E-state index in [4.69, 9.17) is 9.47 Å². The SMILES string of the molecule is C=CCNC(=O)N1CCCC(C2OCCO2)C1. The van der Waals surface area contributed by atoms with Gasteiger partial charge in [0.2, 0.25) is 0 Å². The zero-order valence-electron chi connectivity index (χ0n) is 10.1. The van der Waals surface area contributed by atoms with E-state index in [1.54, 1.807) is 6.08 Å². The van der Waals surface area contributed by atoms with E-state index in [9.17, 15) is 4.79 Å². The fraction of sp³-hybridized carbons (Fsp3) is 0.750. The lowest BCUT2D eigenvalue weighted by atomic mass is 9.98. The van der Waals surface area contributed by atoms with Gasteiger partial charge >= 0.3 is 6.03 Å². The molecule has 0 aromatic heterocycles. The van der Waals surface area contributed by atoms with Gasteiger partial charge in [-0.2, -0.15) is 0 Å². The first kappa shape index (κ1) is 12.4. The predicted molar refractivity (Wildman–Crippen MR) is 63.6 cm³/mol. The summed E-state index contributed by atoms with van der Waals surface area (Å²) in [5.74, 6) is 0.306. The number of piperidine rings is 1. The standard InChI is InChI=1S/C12H20N2O3/c1-2-5-13-12(15)14-6-3-4-10(9-14)11-16-7-8-17-11/h2,10-11H,1,3-9H2,(H,13,15). The van der Waals surface area contributed by atoms with Gasteiger partial charge in [0.1, 0.15) is 0 Å². The van der Waals surface area contributed by atoms with Crippen molar-refractivity contribution < 1.29 is 14.3 Å². The van der Waals surface area contributed by atoms with Crippen LogP contribution >= 0.6 is 0 Å². The molecule has 2 heterocycles. The second-order valence-electron chi connectivity index (χ2n) is 4.43. The van der Waals surface area contributed by atoms with Crippen LogP contribution in [0.25, 0.3) is 0 Å². The number of nitrogens with one attached hydrogen (secondary N) is 1. The highest BCUT2D eigenvalue weighted by Crippen LogP contribution is 2.24. The van der Waals surface area contributed by atoms with Crippen molar-refractivity contribution in [1.29, 1.82) is 0 Å². The highest BCUT2D eigenvalue weighted by molar-refractivity contribution is 5.74. The summed E-state index contributed by atoms with van der Waals surface area (Å²) in [5.41, 5.74) is 0. The molecule has 0 aliphatic carbocycles. The highest BCUT2D eigenvalue weighted by atomic mass is 16.7. The molecule has 2 amide bonds. The average Bonchev–Trinajstić information content (AvgIpc) is 2.90. The van der Waals surface area contributed by atoms with Crippen molar-refractivity contribution in [1.82, 2.24) is 10.2 Å². The molecule has 96 valence electrons. The molecule has 2 saturated heterocycles. The quantitative estimate of drug-likeness (QED) is 0.748. The molecular weight excluding hydrogens is 220 g/mol. The Morgan fingerprint density at radius 3 is 2.94 bits per heavy atom. The summed E-state index contributed by atoms with van der Waals surface area (Å²) in [5, 5.41) is 2.80. The number of hydrogen-bond acceptors (Lipinski definition) is 3. The third kappa shape index (κ3) is 3.20. The van der Waals surface area contributed by atoms with Gasteiger partial charge in [-0.25, -0.2) is 4.79 Å². The van der Waals surface area contributed by atoms with Crippen LogP contribution in [0.15, 0.2) is 12.7 Å². The minimum Gasteiger partial charge on any atom is -0.350 e. The molecule has 0 aromatic carbocycles. The number of nitrogens with zero attached hydrogens (tertiary/aromatic N) is 1. The van der Waals surface area contributed by atoms with E-state index in [2.05, 4.69) is 11.9 Å². The topological polar surface area (TPSA) is 50.8 Å². The maximum absolute atomic E-state index is 11.8. The van der Waals surface area contributed by atoms with Crippen molar-refractivity contribution in [2.24, 2.45) is 5.92 Å². The van der Waals surface area contributed by atoms with Crippen molar-refractivity contribution >= 4 is 6.03 Å². The van der Waals surface area contributed by atoms with Crippen LogP contribution in [-0.2, 0) is 9.47 Å². The Labute approximate surface area is 102 Å². The maximum atomic E-state index is 11.8. The number of amides is 2. The zero-order chi connectivity index (χ0) is 12.1. The molecule has 2 fully saturated rings. The minimum atomic E-state index is -0.120. The van der Waals surface area contributed by atoms with Gasteiger partial charge in [-0.15, -0.1) is 6.58 Å². The van der Waals surface area contributed by atoms with Gasteiger partial charge < -0.3 is 19.7 Å². The Morgan fingerprint density at radius 2 is 2.24 bits per heavy atom. The smallest absolute Gasteiger partial charge is 0.317 e. The largest absolute Gasteiger partial charge is 0.350 e. The van der Waals surface area contributed by atoms with Crippen LogP contribution in [0.5, 0.6) is 0 Å². The number of rotatable bonds is 3. The van der Waals surface area contributed by atoms with Crippen molar-refractivity contribution in [2.45, 2.75) is 19.1 Å². The zero-order valence-corrected chi connectivity index (χ0v) is 10.1. The lowest BCUT2D eigenvalue weighted by Crippen LogP contribution is -2.48. The molecule has 17 heavy (non-hydrogen) atoms. The number of carbonyl (C=O) groups excluding carboxylic acids is 1. The van der Waals surface area contributed by atoms with E-state index in [-0.39, 0.29) is 12.3 Å². The molecule has 0 radical (unpaired) electrons. The minimum absolute atomic E-state index is 0.0207. The van der Waals surface area contributed by atoms with Crippen molar-refractivity contribution in [3.05, 3.63) is 12.7 Å². The van der Waals surface area contributed by atoms with Crippen LogP contribution in [0.1, 0.15) is 12.8 Å². The van der Waals surface area contributed by atoms with E-state index in [1.165, 1.54) is 0 Å². The second-order valence-corrected chi connectivity index (χ2v) is 4.43. The summed E-state index contributed by atoms with van der Waals surface area (Å²) < 4.78 is 11.0. The summed E-state index contributed by atoms with van der Waals surface area (Å²) in [4.78, 5) is 13.6. The lowest BCUT2D eigenvalue weighted by Gasteiger charge is -2.34. The first-order valence-corrected chi connectivity index (χ1v) is 6.18. The maximum Gasteiger partial charge on any atom is 0.317 e. The first-order valence-electron chi connectivity index (χ1n) is 6.18. The average molecular weight is 240 g/mol. The van der Waals surface area contributed by atoms with Gasteiger partial charge in [0.05, 0.1) is 13.2 Å².